The smallest absolute Gasteiger partial charge is 0.416 e. The fourth-order valence-corrected chi connectivity index (χ4v) is 2.95. The molecule has 2 aromatic carbocycles. The molecule has 0 saturated heterocycles. The molecule has 5 nitrogen and oxygen atoms in total. The number of esters is 1. The van der Waals surface area contributed by atoms with Gasteiger partial charge in [0.25, 0.3) is 10.0 Å². The molecule has 0 aromatic heterocycles. The summed E-state index contributed by atoms with van der Waals surface area (Å²) in [5.74, 6) is -0.595. The Hall–Kier alpha value is -2.55. The zero-order valence-electron chi connectivity index (χ0n) is 12.3. The number of rotatable bonds is 4. The SMILES string of the molecule is COC(=O)c1ccc(NS(=O)(=O)c2cccc(C(F)(F)F)c2)cc1. The van der Waals surface area contributed by atoms with Gasteiger partial charge in [0.05, 0.1) is 23.1 Å². The lowest BCUT2D eigenvalue weighted by Gasteiger charge is -2.11. The van der Waals surface area contributed by atoms with Gasteiger partial charge >= 0.3 is 12.1 Å². The van der Waals surface area contributed by atoms with Crippen LogP contribution < -0.4 is 4.72 Å². The third-order valence-corrected chi connectivity index (χ3v) is 4.41. The van der Waals surface area contributed by atoms with Crippen molar-refractivity contribution in [2.24, 2.45) is 0 Å². The van der Waals surface area contributed by atoms with E-state index in [0.717, 1.165) is 18.2 Å². The molecule has 0 aliphatic carbocycles. The molecule has 0 atom stereocenters. The van der Waals surface area contributed by atoms with E-state index in [-0.39, 0.29) is 11.3 Å². The Bertz CT molecular complexity index is 846. The number of carbonyl (C=O) groups is 1. The van der Waals surface area contributed by atoms with E-state index in [9.17, 15) is 26.4 Å². The first kappa shape index (κ1) is 17.8. The van der Waals surface area contributed by atoms with Crippen molar-refractivity contribution in [3.05, 3.63) is 59.7 Å². The number of sulfonamides is 1. The molecule has 24 heavy (non-hydrogen) atoms. The van der Waals surface area contributed by atoms with E-state index in [1.165, 1.54) is 31.4 Å². The Morgan fingerprint density at radius 2 is 1.71 bits per heavy atom. The molecule has 0 fully saturated rings. The number of halogens is 3. The first-order valence-corrected chi connectivity index (χ1v) is 8.00. The van der Waals surface area contributed by atoms with Gasteiger partial charge in [-0.05, 0) is 42.5 Å². The Kier molecular flexibility index (Phi) is 4.83. The summed E-state index contributed by atoms with van der Waals surface area (Å²) in [7, 11) is -3.00. The van der Waals surface area contributed by atoms with Gasteiger partial charge in [0.2, 0.25) is 0 Å². The minimum absolute atomic E-state index is 0.0973. The molecule has 0 bridgehead atoms. The van der Waals surface area contributed by atoms with E-state index in [1.807, 2.05) is 0 Å². The second-order valence-electron chi connectivity index (χ2n) is 4.70. The summed E-state index contributed by atoms with van der Waals surface area (Å²) in [5.41, 5.74) is -0.758. The van der Waals surface area contributed by atoms with Gasteiger partial charge in [-0.15, -0.1) is 0 Å². The lowest BCUT2D eigenvalue weighted by Crippen LogP contribution is -2.14. The van der Waals surface area contributed by atoms with Crippen LogP contribution in [0.4, 0.5) is 18.9 Å². The minimum atomic E-state index is -4.65. The van der Waals surface area contributed by atoms with Crippen molar-refractivity contribution >= 4 is 21.7 Å². The van der Waals surface area contributed by atoms with E-state index in [4.69, 9.17) is 0 Å². The molecule has 9 heteroatoms. The zero-order valence-corrected chi connectivity index (χ0v) is 13.1. The Labute approximate surface area is 136 Å². The molecular formula is C15H12F3NO4S. The largest absolute Gasteiger partial charge is 0.465 e. The molecule has 0 heterocycles. The van der Waals surface area contributed by atoms with Crippen LogP contribution in [0.2, 0.25) is 0 Å². The van der Waals surface area contributed by atoms with Crippen LogP contribution in [0, 0.1) is 0 Å². The van der Waals surface area contributed by atoms with Crippen molar-refractivity contribution in [3.8, 4) is 0 Å². The second kappa shape index (κ2) is 6.52. The van der Waals surface area contributed by atoms with E-state index >= 15 is 0 Å². The third kappa shape index (κ3) is 4.05. The number of benzene rings is 2. The van der Waals surface area contributed by atoms with Crippen molar-refractivity contribution in [1.82, 2.24) is 0 Å². The monoisotopic (exact) mass is 359 g/mol. The average Bonchev–Trinajstić information content (AvgIpc) is 2.54. The molecular weight excluding hydrogens is 347 g/mol. The summed E-state index contributed by atoms with van der Waals surface area (Å²) in [6.07, 6.45) is -4.65. The van der Waals surface area contributed by atoms with Crippen LogP contribution in [-0.4, -0.2) is 21.5 Å². The normalized spacial score (nSPS) is 11.8. The second-order valence-corrected chi connectivity index (χ2v) is 6.38. The van der Waals surface area contributed by atoms with Crippen molar-refractivity contribution in [2.45, 2.75) is 11.1 Å². The van der Waals surface area contributed by atoms with Gasteiger partial charge in [0, 0.05) is 5.69 Å². The van der Waals surface area contributed by atoms with Crippen molar-refractivity contribution < 1.29 is 31.1 Å². The molecule has 0 aliphatic rings. The molecule has 0 aliphatic heterocycles. The van der Waals surface area contributed by atoms with Crippen LogP contribution in [0.25, 0.3) is 0 Å². The highest BCUT2D eigenvalue weighted by Crippen LogP contribution is 2.30. The fraction of sp³-hybridized carbons (Fsp3) is 0.133. The number of methoxy groups -OCH3 is 1. The molecule has 0 unspecified atom stereocenters. The predicted molar refractivity (Wildman–Crippen MR) is 80.0 cm³/mol. The van der Waals surface area contributed by atoms with Crippen LogP contribution >= 0.6 is 0 Å². The molecule has 0 radical (unpaired) electrons. The molecule has 128 valence electrons. The highest BCUT2D eigenvalue weighted by molar-refractivity contribution is 7.92. The van der Waals surface area contributed by atoms with Crippen LogP contribution in [0.5, 0.6) is 0 Å². The quantitative estimate of drug-likeness (QED) is 0.851. The van der Waals surface area contributed by atoms with Crippen molar-refractivity contribution in [2.75, 3.05) is 11.8 Å². The van der Waals surface area contributed by atoms with E-state index in [2.05, 4.69) is 9.46 Å². The van der Waals surface area contributed by atoms with Crippen molar-refractivity contribution in [3.63, 3.8) is 0 Å². The lowest BCUT2D eigenvalue weighted by molar-refractivity contribution is -0.137. The first-order chi connectivity index (χ1) is 11.1. The minimum Gasteiger partial charge on any atom is -0.465 e. The molecule has 1 N–H and O–H groups in total. The summed E-state index contributed by atoms with van der Waals surface area (Å²) in [4.78, 5) is 10.8. The summed E-state index contributed by atoms with van der Waals surface area (Å²) < 4.78 is 69.1. The van der Waals surface area contributed by atoms with Gasteiger partial charge in [-0.3, -0.25) is 4.72 Å². The van der Waals surface area contributed by atoms with Gasteiger partial charge in [0.1, 0.15) is 0 Å². The topological polar surface area (TPSA) is 72.5 Å². The standard InChI is InChI=1S/C15H12F3NO4S/c1-23-14(20)10-5-7-12(8-6-10)19-24(21,22)13-4-2-3-11(9-13)15(16,17)18/h2-9,19H,1H3. The maximum atomic E-state index is 12.7. The lowest BCUT2D eigenvalue weighted by atomic mass is 10.2. The number of ether oxygens (including phenoxy) is 1. The van der Waals surface area contributed by atoms with Gasteiger partial charge in [-0.2, -0.15) is 13.2 Å². The zero-order chi connectivity index (χ0) is 18.0. The number of alkyl halides is 3. The maximum absolute atomic E-state index is 12.7. The van der Waals surface area contributed by atoms with Gasteiger partial charge in [0.15, 0.2) is 0 Å². The number of carbonyl (C=O) groups excluding carboxylic acids is 1. The molecule has 0 saturated carbocycles. The van der Waals surface area contributed by atoms with Crippen LogP contribution in [0.3, 0.4) is 0 Å². The summed E-state index contributed by atoms with van der Waals surface area (Å²) >= 11 is 0. The summed E-state index contributed by atoms with van der Waals surface area (Å²) in [5, 5.41) is 0. The van der Waals surface area contributed by atoms with E-state index in [1.54, 1.807) is 0 Å². The van der Waals surface area contributed by atoms with Crippen LogP contribution in [-0.2, 0) is 20.9 Å². The van der Waals surface area contributed by atoms with Crippen LogP contribution in [0.1, 0.15) is 15.9 Å². The van der Waals surface area contributed by atoms with Gasteiger partial charge in [-0.25, -0.2) is 13.2 Å². The first-order valence-electron chi connectivity index (χ1n) is 6.52. The number of nitrogens with one attached hydrogen (secondary N) is 1. The van der Waals surface area contributed by atoms with Crippen molar-refractivity contribution in [1.29, 1.82) is 0 Å². The number of hydrogen-bond donors (Lipinski definition) is 1. The predicted octanol–water partition coefficient (Wildman–Crippen LogP) is 3.29. The van der Waals surface area contributed by atoms with Gasteiger partial charge < -0.3 is 4.74 Å². The number of hydrogen-bond acceptors (Lipinski definition) is 4. The van der Waals surface area contributed by atoms with E-state index in [0.29, 0.717) is 6.07 Å². The van der Waals surface area contributed by atoms with Crippen LogP contribution in [0.15, 0.2) is 53.4 Å². The summed E-state index contributed by atoms with van der Waals surface area (Å²) in [6.45, 7) is 0. The summed E-state index contributed by atoms with van der Waals surface area (Å²) in [6, 6.07) is 8.66. The molecule has 2 aromatic rings. The highest BCUT2D eigenvalue weighted by Gasteiger charge is 2.31. The molecule has 0 amide bonds. The molecule has 0 spiro atoms. The number of anilines is 1. The highest BCUT2D eigenvalue weighted by atomic mass is 32.2. The Morgan fingerprint density at radius 3 is 2.25 bits per heavy atom. The molecule has 2 rings (SSSR count). The maximum Gasteiger partial charge on any atom is 0.416 e. The fourth-order valence-electron chi connectivity index (χ4n) is 1.85. The third-order valence-electron chi connectivity index (χ3n) is 3.03. The van der Waals surface area contributed by atoms with Gasteiger partial charge in [-0.1, -0.05) is 6.07 Å². The van der Waals surface area contributed by atoms with E-state index < -0.39 is 32.6 Å². The Balaban J connectivity index is 2.27. The average molecular weight is 359 g/mol. The Morgan fingerprint density at radius 1 is 1.08 bits per heavy atom.